The van der Waals surface area contributed by atoms with E-state index in [1.54, 1.807) is 24.1 Å². The van der Waals surface area contributed by atoms with Gasteiger partial charge in [0.2, 0.25) is 0 Å². The van der Waals surface area contributed by atoms with E-state index in [4.69, 9.17) is 10.5 Å². The van der Waals surface area contributed by atoms with E-state index < -0.39 is 0 Å². The SMILES string of the molecule is CCCN(CCN)C(=O)c1cccc(OC)c1. The van der Waals surface area contributed by atoms with Gasteiger partial charge in [-0.15, -0.1) is 0 Å². The molecular weight excluding hydrogens is 216 g/mol. The summed E-state index contributed by atoms with van der Waals surface area (Å²) in [6.07, 6.45) is 0.926. The number of hydrogen-bond donors (Lipinski definition) is 1. The largest absolute Gasteiger partial charge is 0.497 e. The molecule has 0 heterocycles. The lowest BCUT2D eigenvalue weighted by Crippen LogP contribution is -2.35. The van der Waals surface area contributed by atoms with E-state index in [1.807, 2.05) is 19.1 Å². The Hall–Kier alpha value is -1.55. The second kappa shape index (κ2) is 6.91. The van der Waals surface area contributed by atoms with Gasteiger partial charge >= 0.3 is 0 Å². The van der Waals surface area contributed by atoms with E-state index in [-0.39, 0.29) is 5.91 Å². The first-order chi connectivity index (χ1) is 8.22. The zero-order chi connectivity index (χ0) is 12.7. The average Bonchev–Trinajstić information content (AvgIpc) is 2.38. The van der Waals surface area contributed by atoms with E-state index in [0.29, 0.717) is 24.4 Å². The lowest BCUT2D eigenvalue weighted by Gasteiger charge is -2.21. The van der Waals surface area contributed by atoms with Crippen LogP contribution >= 0.6 is 0 Å². The Bertz CT molecular complexity index is 360. The Morgan fingerprint density at radius 3 is 2.76 bits per heavy atom. The molecule has 0 aromatic heterocycles. The summed E-state index contributed by atoms with van der Waals surface area (Å²) in [7, 11) is 1.59. The molecule has 1 aromatic rings. The van der Waals surface area contributed by atoms with Crippen LogP contribution in [0, 0.1) is 0 Å². The maximum atomic E-state index is 12.2. The van der Waals surface area contributed by atoms with Gasteiger partial charge in [-0.25, -0.2) is 0 Å². The van der Waals surface area contributed by atoms with Gasteiger partial charge in [0.05, 0.1) is 7.11 Å². The predicted molar refractivity (Wildman–Crippen MR) is 68.2 cm³/mol. The predicted octanol–water partition coefficient (Wildman–Crippen LogP) is 1.51. The third kappa shape index (κ3) is 3.75. The lowest BCUT2D eigenvalue weighted by molar-refractivity contribution is 0.0760. The Morgan fingerprint density at radius 2 is 2.18 bits per heavy atom. The summed E-state index contributed by atoms with van der Waals surface area (Å²) in [5, 5.41) is 0. The number of hydrogen-bond acceptors (Lipinski definition) is 3. The van der Waals surface area contributed by atoms with E-state index >= 15 is 0 Å². The van der Waals surface area contributed by atoms with E-state index in [2.05, 4.69) is 0 Å². The first-order valence-corrected chi connectivity index (χ1v) is 5.86. The number of benzene rings is 1. The summed E-state index contributed by atoms with van der Waals surface area (Å²) in [4.78, 5) is 14.0. The van der Waals surface area contributed by atoms with Crippen LogP contribution in [0.15, 0.2) is 24.3 Å². The fraction of sp³-hybridized carbons (Fsp3) is 0.462. The average molecular weight is 236 g/mol. The molecule has 0 saturated heterocycles. The van der Waals surface area contributed by atoms with Gasteiger partial charge in [-0.3, -0.25) is 4.79 Å². The molecule has 1 aromatic carbocycles. The molecule has 1 amide bonds. The zero-order valence-corrected chi connectivity index (χ0v) is 10.5. The molecule has 0 aliphatic carbocycles. The van der Waals surface area contributed by atoms with Crippen LogP contribution in [-0.2, 0) is 0 Å². The van der Waals surface area contributed by atoms with Crippen molar-refractivity contribution in [2.24, 2.45) is 5.73 Å². The minimum atomic E-state index is 0.0104. The van der Waals surface area contributed by atoms with Crippen molar-refractivity contribution in [3.05, 3.63) is 29.8 Å². The normalized spacial score (nSPS) is 10.1. The fourth-order valence-electron chi connectivity index (χ4n) is 1.68. The van der Waals surface area contributed by atoms with Crippen LogP contribution in [0.2, 0.25) is 0 Å². The maximum absolute atomic E-state index is 12.2. The minimum Gasteiger partial charge on any atom is -0.497 e. The van der Waals surface area contributed by atoms with Crippen LogP contribution in [0.25, 0.3) is 0 Å². The minimum absolute atomic E-state index is 0.0104. The Morgan fingerprint density at radius 1 is 1.41 bits per heavy atom. The number of methoxy groups -OCH3 is 1. The summed E-state index contributed by atoms with van der Waals surface area (Å²) in [5.74, 6) is 0.705. The highest BCUT2D eigenvalue weighted by atomic mass is 16.5. The number of rotatable bonds is 6. The van der Waals surface area contributed by atoms with Gasteiger partial charge in [-0.2, -0.15) is 0 Å². The molecule has 0 fully saturated rings. The van der Waals surface area contributed by atoms with Gasteiger partial charge in [-0.1, -0.05) is 13.0 Å². The molecule has 0 aliphatic rings. The molecular formula is C13H20N2O2. The zero-order valence-electron chi connectivity index (χ0n) is 10.5. The van der Waals surface area contributed by atoms with Gasteiger partial charge in [-0.05, 0) is 24.6 Å². The third-order valence-corrected chi connectivity index (χ3v) is 2.50. The third-order valence-electron chi connectivity index (χ3n) is 2.50. The summed E-state index contributed by atoms with van der Waals surface area (Å²) in [6, 6.07) is 7.19. The van der Waals surface area contributed by atoms with Crippen molar-refractivity contribution in [3.8, 4) is 5.75 Å². The second-order valence-electron chi connectivity index (χ2n) is 3.81. The number of carbonyl (C=O) groups is 1. The molecule has 0 unspecified atom stereocenters. The number of ether oxygens (including phenoxy) is 1. The molecule has 94 valence electrons. The highest BCUT2D eigenvalue weighted by Crippen LogP contribution is 2.14. The van der Waals surface area contributed by atoms with Crippen molar-refractivity contribution < 1.29 is 9.53 Å². The molecule has 2 N–H and O–H groups in total. The van der Waals surface area contributed by atoms with Gasteiger partial charge in [0.25, 0.3) is 5.91 Å². The number of carbonyl (C=O) groups excluding carboxylic acids is 1. The van der Waals surface area contributed by atoms with E-state index in [9.17, 15) is 4.79 Å². The smallest absolute Gasteiger partial charge is 0.254 e. The van der Waals surface area contributed by atoms with Crippen molar-refractivity contribution in [1.29, 1.82) is 0 Å². The van der Waals surface area contributed by atoms with Crippen LogP contribution < -0.4 is 10.5 Å². The monoisotopic (exact) mass is 236 g/mol. The molecule has 0 atom stereocenters. The first kappa shape index (κ1) is 13.5. The quantitative estimate of drug-likeness (QED) is 0.814. The molecule has 4 heteroatoms. The van der Waals surface area contributed by atoms with Gasteiger partial charge in [0.15, 0.2) is 0 Å². The highest BCUT2D eigenvalue weighted by molar-refractivity contribution is 5.94. The molecule has 1 rings (SSSR count). The Balaban J connectivity index is 2.84. The van der Waals surface area contributed by atoms with Crippen LogP contribution in [-0.4, -0.2) is 37.6 Å². The Kier molecular flexibility index (Phi) is 5.49. The molecule has 4 nitrogen and oxygen atoms in total. The molecule has 0 radical (unpaired) electrons. The van der Waals surface area contributed by atoms with Crippen LogP contribution in [0.4, 0.5) is 0 Å². The molecule has 0 bridgehead atoms. The van der Waals surface area contributed by atoms with Crippen molar-refractivity contribution in [2.45, 2.75) is 13.3 Å². The second-order valence-corrected chi connectivity index (χ2v) is 3.81. The van der Waals surface area contributed by atoms with E-state index in [0.717, 1.165) is 13.0 Å². The van der Waals surface area contributed by atoms with Gasteiger partial charge in [0.1, 0.15) is 5.75 Å². The lowest BCUT2D eigenvalue weighted by atomic mass is 10.2. The topological polar surface area (TPSA) is 55.6 Å². The van der Waals surface area contributed by atoms with Crippen molar-refractivity contribution in [2.75, 3.05) is 26.7 Å². The van der Waals surface area contributed by atoms with Crippen molar-refractivity contribution in [3.63, 3.8) is 0 Å². The summed E-state index contributed by atoms with van der Waals surface area (Å²) >= 11 is 0. The van der Waals surface area contributed by atoms with Gasteiger partial charge in [0, 0.05) is 25.2 Å². The standard InChI is InChI=1S/C13H20N2O2/c1-3-8-15(9-7-14)13(16)11-5-4-6-12(10-11)17-2/h4-6,10H,3,7-9,14H2,1-2H3. The number of amides is 1. The van der Waals surface area contributed by atoms with Gasteiger partial charge < -0.3 is 15.4 Å². The molecule has 0 saturated carbocycles. The van der Waals surface area contributed by atoms with Crippen molar-refractivity contribution in [1.82, 2.24) is 4.90 Å². The van der Waals surface area contributed by atoms with Crippen LogP contribution in [0.3, 0.4) is 0 Å². The molecule has 0 aliphatic heterocycles. The van der Waals surface area contributed by atoms with E-state index in [1.165, 1.54) is 0 Å². The van der Waals surface area contributed by atoms with Crippen LogP contribution in [0.1, 0.15) is 23.7 Å². The summed E-state index contributed by atoms with van der Waals surface area (Å²) in [5.41, 5.74) is 6.16. The maximum Gasteiger partial charge on any atom is 0.254 e. The van der Waals surface area contributed by atoms with Crippen molar-refractivity contribution >= 4 is 5.91 Å². The fourth-order valence-corrected chi connectivity index (χ4v) is 1.68. The highest BCUT2D eigenvalue weighted by Gasteiger charge is 2.14. The first-order valence-electron chi connectivity index (χ1n) is 5.86. The van der Waals surface area contributed by atoms with Crippen LogP contribution in [0.5, 0.6) is 5.75 Å². The Labute approximate surface area is 102 Å². The summed E-state index contributed by atoms with van der Waals surface area (Å²) in [6.45, 7) is 3.84. The number of nitrogens with zero attached hydrogens (tertiary/aromatic N) is 1. The summed E-state index contributed by atoms with van der Waals surface area (Å²) < 4.78 is 5.11. The molecule has 0 spiro atoms. The molecule has 17 heavy (non-hydrogen) atoms. The number of nitrogens with two attached hydrogens (primary N) is 1.